The van der Waals surface area contributed by atoms with E-state index in [9.17, 15) is 14.4 Å². The van der Waals surface area contributed by atoms with Crippen molar-refractivity contribution in [1.29, 1.82) is 0 Å². The van der Waals surface area contributed by atoms with E-state index in [4.69, 9.17) is 0 Å². The number of nitrogens with one attached hydrogen (secondary N) is 1. The van der Waals surface area contributed by atoms with Crippen LogP contribution in [0.5, 0.6) is 0 Å². The van der Waals surface area contributed by atoms with Crippen LogP contribution in [0.3, 0.4) is 0 Å². The summed E-state index contributed by atoms with van der Waals surface area (Å²) in [7, 11) is 0. The Labute approximate surface area is 148 Å². The van der Waals surface area contributed by atoms with Crippen molar-refractivity contribution in [3.8, 4) is 0 Å². The summed E-state index contributed by atoms with van der Waals surface area (Å²) in [6.45, 7) is 11.6. The zero-order valence-electron chi connectivity index (χ0n) is 15.2. The molecule has 5 heteroatoms. The molecule has 25 heavy (non-hydrogen) atoms. The predicted octanol–water partition coefficient (Wildman–Crippen LogP) is 3.29. The number of aryl methyl sites for hydroxylation is 1. The normalized spacial score (nSPS) is 20.8. The van der Waals surface area contributed by atoms with E-state index < -0.39 is 11.9 Å². The maximum atomic E-state index is 12.9. The van der Waals surface area contributed by atoms with Gasteiger partial charge in [-0.15, -0.1) is 0 Å². The van der Waals surface area contributed by atoms with Crippen molar-refractivity contribution in [3.63, 3.8) is 0 Å². The Kier molecular flexibility index (Phi) is 5.57. The Hall–Kier alpha value is -2.69. The molecule has 2 aliphatic heterocycles. The average molecular weight is 340 g/mol. The summed E-state index contributed by atoms with van der Waals surface area (Å²) in [5.74, 6) is -0.913. The van der Waals surface area contributed by atoms with Gasteiger partial charge in [0.15, 0.2) is 0 Å². The number of imide groups is 1. The molecule has 5 nitrogen and oxygen atoms in total. The fraction of sp³-hybridized carbons (Fsp3) is 0.350. The van der Waals surface area contributed by atoms with Gasteiger partial charge in [-0.3, -0.25) is 24.6 Å². The molecule has 1 saturated heterocycles. The summed E-state index contributed by atoms with van der Waals surface area (Å²) >= 11 is 0. The largest absolute Gasteiger partial charge is 0.296 e. The van der Waals surface area contributed by atoms with Gasteiger partial charge in [-0.25, -0.2) is 0 Å². The second kappa shape index (κ2) is 7.47. The number of allylic oxidation sites excluding steroid dienone is 1. The Balaban J connectivity index is 0.00000109. The van der Waals surface area contributed by atoms with Gasteiger partial charge in [-0.1, -0.05) is 38.6 Å². The summed E-state index contributed by atoms with van der Waals surface area (Å²) in [5.41, 5.74) is 4.02. The van der Waals surface area contributed by atoms with Gasteiger partial charge in [0.25, 0.3) is 5.91 Å². The summed E-state index contributed by atoms with van der Waals surface area (Å²) in [4.78, 5) is 37.9. The minimum absolute atomic E-state index is 0.203. The molecule has 1 aromatic carbocycles. The highest BCUT2D eigenvalue weighted by atomic mass is 16.2. The smallest absolute Gasteiger partial charge is 0.259 e. The topological polar surface area (TPSA) is 66.5 Å². The Morgan fingerprint density at radius 3 is 2.48 bits per heavy atom. The van der Waals surface area contributed by atoms with Crippen molar-refractivity contribution in [2.75, 3.05) is 0 Å². The number of amides is 3. The number of nitrogens with zero attached hydrogens (tertiary/aromatic N) is 1. The summed E-state index contributed by atoms with van der Waals surface area (Å²) in [6.07, 6.45) is 4.14. The highest BCUT2D eigenvalue weighted by molar-refractivity contribution is 6.14. The van der Waals surface area contributed by atoms with Crippen LogP contribution in [0.1, 0.15) is 60.7 Å². The SMILES string of the molecule is C=Cc1c(C)ccc2c1/C(=C\C)N(C1CCC(=O)NC1=O)C2=O.CC. The number of hydrogen-bond acceptors (Lipinski definition) is 3. The van der Waals surface area contributed by atoms with Crippen molar-refractivity contribution >= 4 is 29.5 Å². The highest BCUT2D eigenvalue weighted by Crippen LogP contribution is 2.39. The van der Waals surface area contributed by atoms with Crippen LogP contribution in [0.25, 0.3) is 11.8 Å². The lowest BCUT2D eigenvalue weighted by Crippen LogP contribution is -2.52. The van der Waals surface area contributed by atoms with E-state index in [1.54, 1.807) is 12.1 Å². The summed E-state index contributed by atoms with van der Waals surface area (Å²) < 4.78 is 0. The molecule has 0 aromatic heterocycles. The van der Waals surface area contributed by atoms with Crippen LogP contribution < -0.4 is 5.32 Å². The van der Waals surface area contributed by atoms with E-state index in [1.165, 1.54) is 4.90 Å². The maximum Gasteiger partial charge on any atom is 0.259 e. The van der Waals surface area contributed by atoms with E-state index in [1.807, 2.05) is 39.8 Å². The van der Waals surface area contributed by atoms with Gasteiger partial charge in [0, 0.05) is 23.2 Å². The third-order valence-electron chi connectivity index (χ3n) is 4.43. The first-order valence-electron chi connectivity index (χ1n) is 8.59. The molecule has 3 rings (SSSR count). The third-order valence-corrected chi connectivity index (χ3v) is 4.43. The van der Waals surface area contributed by atoms with Crippen LogP contribution in [0.15, 0.2) is 24.8 Å². The van der Waals surface area contributed by atoms with Gasteiger partial charge in [0.2, 0.25) is 11.8 Å². The zero-order valence-corrected chi connectivity index (χ0v) is 15.2. The summed E-state index contributed by atoms with van der Waals surface area (Å²) in [5, 5.41) is 2.32. The van der Waals surface area contributed by atoms with Crippen molar-refractivity contribution in [3.05, 3.63) is 47.0 Å². The predicted molar refractivity (Wildman–Crippen MR) is 98.6 cm³/mol. The number of carbonyl (C=O) groups is 3. The van der Waals surface area contributed by atoms with Crippen molar-refractivity contribution in [1.82, 2.24) is 10.2 Å². The van der Waals surface area contributed by atoms with Crippen LogP contribution in [-0.2, 0) is 9.59 Å². The van der Waals surface area contributed by atoms with E-state index in [0.717, 1.165) is 16.7 Å². The lowest BCUT2D eigenvalue weighted by molar-refractivity contribution is -0.136. The Morgan fingerprint density at radius 2 is 1.92 bits per heavy atom. The van der Waals surface area contributed by atoms with E-state index in [2.05, 4.69) is 11.9 Å². The second-order valence-corrected chi connectivity index (χ2v) is 5.74. The number of fused-ring (bicyclic) bond motifs is 1. The van der Waals surface area contributed by atoms with Gasteiger partial charge < -0.3 is 0 Å². The highest BCUT2D eigenvalue weighted by Gasteiger charge is 2.42. The average Bonchev–Trinajstić information content (AvgIpc) is 2.89. The van der Waals surface area contributed by atoms with Gasteiger partial charge in [-0.05, 0) is 37.5 Å². The first-order chi connectivity index (χ1) is 12.0. The minimum Gasteiger partial charge on any atom is -0.296 e. The quantitative estimate of drug-likeness (QED) is 0.840. The lowest BCUT2D eigenvalue weighted by Gasteiger charge is -2.30. The number of rotatable bonds is 2. The molecule has 1 aromatic rings. The van der Waals surface area contributed by atoms with E-state index >= 15 is 0 Å². The maximum absolute atomic E-state index is 12.9. The molecule has 1 atom stereocenters. The number of carbonyl (C=O) groups excluding carboxylic acids is 3. The molecule has 132 valence electrons. The van der Waals surface area contributed by atoms with Crippen LogP contribution in [-0.4, -0.2) is 28.7 Å². The van der Waals surface area contributed by atoms with Crippen molar-refractivity contribution in [2.24, 2.45) is 0 Å². The van der Waals surface area contributed by atoms with Crippen LogP contribution in [0.2, 0.25) is 0 Å². The fourth-order valence-corrected chi connectivity index (χ4v) is 3.32. The van der Waals surface area contributed by atoms with Crippen molar-refractivity contribution in [2.45, 2.75) is 46.6 Å². The molecule has 1 fully saturated rings. The standard InChI is InChI=1S/C18H18N2O3.C2H6/c1-4-11-10(3)6-7-12-16(11)13(5-2)20(18(12)23)14-8-9-15(21)19-17(14)22;1-2/h4-7,14H,1,8-9H2,2-3H3,(H,19,21,22);1-2H3/b13-5+;. The third kappa shape index (κ3) is 3.02. The lowest BCUT2D eigenvalue weighted by atomic mass is 9.96. The fourth-order valence-electron chi connectivity index (χ4n) is 3.32. The molecule has 2 aliphatic rings. The minimum atomic E-state index is -0.656. The van der Waals surface area contributed by atoms with Gasteiger partial charge in [0.05, 0.1) is 0 Å². The van der Waals surface area contributed by atoms with Crippen LogP contribution >= 0.6 is 0 Å². The van der Waals surface area contributed by atoms with E-state index in [0.29, 0.717) is 17.7 Å². The first kappa shape index (κ1) is 18.6. The monoisotopic (exact) mass is 340 g/mol. The molecule has 1 unspecified atom stereocenters. The molecule has 0 spiro atoms. The summed E-state index contributed by atoms with van der Waals surface area (Å²) in [6, 6.07) is 3.02. The molecule has 2 heterocycles. The van der Waals surface area contributed by atoms with E-state index in [-0.39, 0.29) is 18.2 Å². The van der Waals surface area contributed by atoms with Crippen LogP contribution in [0.4, 0.5) is 0 Å². The first-order valence-corrected chi connectivity index (χ1v) is 8.59. The Morgan fingerprint density at radius 1 is 1.24 bits per heavy atom. The van der Waals surface area contributed by atoms with Gasteiger partial charge in [0.1, 0.15) is 6.04 Å². The number of hydrogen-bond donors (Lipinski definition) is 1. The molecular formula is C20H24N2O3. The Bertz CT molecular complexity index is 777. The molecule has 0 bridgehead atoms. The van der Waals surface area contributed by atoms with Gasteiger partial charge in [-0.2, -0.15) is 0 Å². The molecule has 1 N–H and O–H groups in total. The van der Waals surface area contributed by atoms with Gasteiger partial charge >= 0.3 is 0 Å². The second-order valence-electron chi connectivity index (χ2n) is 5.74. The van der Waals surface area contributed by atoms with Crippen LogP contribution in [0, 0.1) is 6.92 Å². The van der Waals surface area contributed by atoms with Crippen molar-refractivity contribution < 1.29 is 14.4 Å². The number of benzene rings is 1. The molecule has 3 amide bonds. The molecule has 0 saturated carbocycles. The molecule has 0 radical (unpaired) electrons. The zero-order chi connectivity index (χ0) is 18.7. The number of piperidine rings is 1. The molecule has 0 aliphatic carbocycles. The molecular weight excluding hydrogens is 316 g/mol.